The highest BCUT2D eigenvalue weighted by atomic mass is 32.1. The van der Waals surface area contributed by atoms with Crippen LogP contribution in [0.15, 0.2) is 22.9 Å². The van der Waals surface area contributed by atoms with E-state index in [9.17, 15) is 0 Å². The zero-order valence-electron chi connectivity index (χ0n) is 9.73. The summed E-state index contributed by atoms with van der Waals surface area (Å²) in [6.07, 6.45) is 0. The van der Waals surface area contributed by atoms with Gasteiger partial charge < -0.3 is 5.32 Å². The van der Waals surface area contributed by atoms with Gasteiger partial charge >= 0.3 is 0 Å². The first kappa shape index (κ1) is 11.8. The molecule has 0 aliphatic rings. The van der Waals surface area contributed by atoms with Crippen molar-refractivity contribution in [2.24, 2.45) is 0 Å². The fraction of sp³-hybridized carbons (Fsp3) is 0.417. The average Bonchev–Trinajstić information content (AvgIpc) is 2.88. The summed E-state index contributed by atoms with van der Waals surface area (Å²) in [5.41, 5.74) is 1.19. The highest BCUT2D eigenvalue weighted by Gasteiger charge is 2.17. The van der Waals surface area contributed by atoms with Gasteiger partial charge in [-0.2, -0.15) is 0 Å². The Bertz CT molecular complexity index is 432. The topological polar surface area (TPSA) is 24.9 Å². The van der Waals surface area contributed by atoms with E-state index < -0.39 is 0 Å². The fourth-order valence-corrected chi connectivity index (χ4v) is 3.56. The molecule has 4 heteroatoms. The van der Waals surface area contributed by atoms with Crippen LogP contribution < -0.4 is 5.32 Å². The number of thiazole rings is 1. The van der Waals surface area contributed by atoms with E-state index in [0.29, 0.717) is 5.92 Å². The first-order valence-electron chi connectivity index (χ1n) is 5.38. The zero-order chi connectivity index (χ0) is 11.5. The third kappa shape index (κ3) is 2.34. The molecule has 2 aromatic heterocycles. The van der Waals surface area contributed by atoms with Crippen LogP contribution in [0.25, 0.3) is 0 Å². The van der Waals surface area contributed by atoms with Gasteiger partial charge in [-0.15, -0.1) is 22.7 Å². The summed E-state index contributed by atoms with van der Waals surface area (Å²) in [6.45, 7) is 4.36. The Balaban J connectivity index is 2.27. The van der Waals surface area contributed by atoms with Crippen LogP contribution in [0.3, 0.4) is 0 Å². The number of rotatable bonds is 4. The molecule has 0 bridgehead atoms. The van der Waals surface area contributed by atoms with Crippen molar-refractivity contribution in [2.75, 3.05) is 7.05 Å². The molecule has 0 amide bonds. The third-order valence-electron chi connectivity index (χ3n) is 2.49. The normalized spacial score (nSPS) is 13.2. The van der Waals surface area contributed by atoms with Gasteiger partial charge in [0.2, 0.25) is 0 Å². The molecule has 0 fully saturated rings. The van der Waals surface area contributed by atoms with E-state index in [4.69, 9.17) is 4.98 Å². The molecule has 0 aliphatic heterocycles. The predicted molar refractivity (Wildman–Crippen MR) is 71.4 cm³/mol. The lowest BCUT2D eigenvalue weighted by Gasteiger charge is -2.11. The minimum Gasteiger partial charge on any atom is -0.307 e. The molecule has 2 nitrogen and oxygen atoms in total. The Morgan fingerprint density at radius 3 is 2.62 bits per heavy atom. The highest BCUT2D eigenvalue weighted by molar-refractivity contribution is 7.11. The quantitative estimate of drug-likeness (QED) is 0.898. The smallest absolute Gasteiger partial charge is 0.115 e. The van der Waals surface area contributed by atoms with Crippen LogP contribution in [0.5, 0.6) is 0 Å². The fourth-order valence-electron chi connectivity index (χ4n) is 1.54. The van der Waals surface area contributed by atoms with Gasteiger partial charge in [0.1, 0.15) is 5.01 Å². The first-order valence-corrected chi connectivity index (χ1v) is 7.14. The van der Waals surface area contributed by atoms with E-state index in [1.165, 1.54) is 10.6 Å². The van der Waals surface area contributed by atoms with Crippen molar-refractivity contribution in [2.45, 2.75) is 25.8 Å². The van der Waals surface area contributed by atoms with Gasteiger partial charge in [-0.25, -0.2) is 4.98 Å². The van der Waals surface area contributed by atoms with Gasteiger partial charge in [0.15, 0.2) is 0 Å². The summed E-state index contributed by atoms with van der Waals surface area (Å²) >= 11 is 3.51. The van der Waals surface area contributed by atoms with Crippen LogP contribution in [-0.4, -0.2) is 12.0 Å². The third-order valence-corrected chi connectivity index (χ3v) is 4.36. The average molecular weight is 252 g/mol. The Morgan fingerprint density at radius 1 is 1.31 bits per heavy atom. The standard InChI is InChI=1S/C12H16N2S2/c1-8(2)9-7-16-12(14-9)11(13-3)10-5-4-6-15-10/h4-8,11,13H,1-3H3. The van der Waals surface area contributed by atoms with E-state index in [0.717, 1.165) is 5.01 Å². The lowest BCUT2D eigenvalue weighted by molar-refractivity contribution is 0.689. The van der Waals surface area contributed by atoms with E-state index in [2.05, 4.69) is 42.1 Å². The Hall–Kier alpha value is -0.710. The lowest BCUT2D eigenvalue weighted by atomic mass is 10.2. The summed E-state index contributed by atoms with van der Waals surface area (Å²) in [5.74, 6) is 0.505. The van der Waals surface area contributed by atoms with Crippen LogP contribution in [-0.2, 0) is 0 Å². The maximum atomic E-state index is 4.70. The van der Waals surface area contributed by atoms with Gasteiger partial charge in [0.05, 0.1) is 11.7 Å². The molecule has 0 aliphatic carbocycles. The largest absolute Gasteiger partial charge is 0.307 e. The monoisotopic (exact) mass is 252 g/mol. The second-order valence-corrected chi connectivity index (χ2v) is 5.87. The van der Waals surface area contributed by atoms with Crippen molar-refractivity contribution in [1.29, 1.82) is 0 Å². The summed E-state index contributed by atoms with van der Waals surface area (Å²) in [7, 11) is 1.99. The van der Waals surface area contributed by atoms with Gasteiger partial charge in [-0.1, -0.05) is 19.9 Å². The molecule has 0 radical (unpaired) electrons. The molecular weight excluding hydrogens is 236 g/mol. The molecule has 2 rings (SSSR count). The summed E-state index contributed by atoms with van der Waals surface area (Å²) in [6, 6.07) is 4.49. The van der Waals surface area contributed by atoms with Gasteiger partial charge in [-0.05, 0) is 24.4 Å². The SMILES string of the molecule is CNC(c1cccs1)c1nc(C(C)C)cs1. The van der Waals surface area contributed by atoms with E-state index in [1.54, 1.807) is 22.7 Å². The molecule has 0 saturated heterocycles. The Kier molecular flexibility index (Phi) is 3.74. The maximum Gasteiger partial charge on any atom is 0.115 e. The highest BCUT2D eigenvalue weighted by Crippen LogP contribution is 2.29. The number of aromatic nitrogens is 1. The molecule has 1 atom stereocenters. The number of thiophene rings is 1. The van der Waals surface area contributed by atoms with Crippen molar-refractivity contribution in [3.05, 3.63) is 38.5 Å². The zero-order valence-corrected chi connectivity index (χ0v) is 11.4. The van der Waals surface area contributed by atoms with Crippen molar-refractivity contribution in [1.82, 2.24) is 10.3 Å². The van der Waals surface area contributed by atoms with Gasteiger partial charge in [-0.3, -0.25) is 0 Å². The van der Waals surface area contributed by atoms with Crippen LogP contribution in [0.4, 0.5) is 0 Å². The van der Waals surface area contributed by atoms with E-state index in [1.807, 2.05) is 7.05 Å². The van der Waals surface area contributed by atoms with Gasteiger partial charge in [0, 0.05) is 10.3 Å². The minimum absolute atomic E-state index is 0.248. The number of hydrogen-bond acceptors (Lipinski definition) is 4. The summed E-state index contributed by atoms with van der Waals surface area (Å²) in [5, 5.41) is 8.76. The molecule has 0 spiro atoms. The predicted octanol–water partition coefficient (Wildman–Crippen LogP) is 3.64. The Labute approximate surface area is 104 Å². The van der Waals surface area contributed by atoms with Crippen LogP contribution >= 0.6 is 22.7 Å². The molecule has 16 heavy (non-hydrogen) atoms. The molecule has 2 heterocycles. The van der Waals surface area contributed by atoms with Crippen molar-refractivity contribution in [3.63, 3.8) is 0 Å². The van der Waals surface area contributed by atoms with Crippen molar-refractivity contribution >= 4 is 22.7 Å². The Morgan fingerprint density at radius 2 is 2.12 bits per heavy atom. The lowest BCUT2D eigenvalue weighted by Crippen LogP contribution is -2.16. The number of hydrogen-bond donors (Lipinski definition) is 1. The maximum absolute atomic E-state index is 4.70. The molecule has 0 aromatic carbocycles. The van der Waals surface area contributed by atoms with Crippen LogP contribution in [0, 0.1) is 0 Å². The second-order valence-electron chi connectivity index (χ2n) is 4.00. The first-order chi connectivity index (χ1) is 7.72. The van der Waals surface area contributed by atoms with Crippen molar-refractivity contribution in [3.8, 4) is 0 Å². The number of nitrogens with zero attached hydrogens (tertiary/aromatic N) is 1. The van der Waals surface area contributed by atoms with E-state index >= 15 is 0 Å². The molecular formula is C12H16N2S2. The second kappa shape index (κ2) is 5.08. The summed E-state index contributed by atoms with van der Waals surface area (Å²) in [4.78, 5) is 6.03. The molecule has 86 valence electrons. The molecule has 1 unspecified atom stereocenters. The summed E-state index contributed by atoms with van der Waals surface area (Å²) < 4.78 is 0. The van der Waals surface area contributed by atoms with Gasteiger partial charge in [0.25, 0.3) is 0 Å². The van der Waals surface area contributed by atoms with Crippen LogP contribution in [0.1, 0.15) is 41.4 Å². The minimum atomic E-state index is 0.248. The van der Waals surface area contributed by atoms with Crippen LogP contribution in [0.2, 0.25) is 0 Å². The van der Waals surface area contributed by atoms with E-state index in [-0.39, 0.29) is 6.04 Å². The van der Waals surface area contributed by atoms with Crippen molar-refractivity contribution < 1.29 is 0 Å². The molecule has 1 N–H and O–H groups in total. The number of nitrogens with one attached hydrogen (secondary N) is 1. The molecule has 2 aromatic rings. The molecule has 0 saturated carbocycles.